The first-order valence-corrected chi connectivity index (χ1v) is 8.38. The third-order valence-corrected chi connectivity index (χ3v) is 5.19. The van der Waals surface area contributed by atoms with Gasteiger partial charge in [0, 0.05) is 15.8 Å². The lowest BCUT2D eigenvalue weighted by Gasteiger charge is -2.22. The molecule has 1 unspecified atom stereocenters. The van der Waals surface area contributed by atoms with E-state index in [9.17, 15) is 9.90 Å². The van der Waals surface area contributed by atoms with Crippen LogP contribution in [-0.2, 0) is 5.60 Å². The fraction of sp³-hybridized carbons (Fsp3) is 0.235. The van der Waals surface area contributed by atoms with Gasteiger partial charge in [-0.2, -0.15) is 0 Å². The van der Waals surface area contributed by atoms with Gasteiger partial charge < -0.3 is 14.8 Å². The van der Waals surface area contributed by atoms with E-state index in [-0.39, 0.29) is 18.2 Å². The zero-order chi connectivity index (χ0) is 16.6. The zero-order valence-electron chi connectivity index (χ0n) is 12.7. The SMILES string of the molecule is Cc1c(C(=O)NCC(C)(O)c2cccs2)oc2c(Cl)cccc12. The number of para-hydroxylation sites is 1. The minimum Gasteiger partial charge on any atom is -0.449 e. The summed E-state index contributed by atoms with van der Waals surface area (Å²) in [7, 11) is 0. The molecule has 1 aromatic carbocycles. The second-order valence-corrected chi connectivity index (χ2v) is 6.96. The van der Waals surface area contributed by atoms with E-state index in [1.807, 2.05) is 36.6 Å². The first kappa shape index (κ1) is 16.1. The van der Waals surface area contributed by atoms with Crippen molar-refractivity contribution < 1.29 is 14.3 Å². The normalized spacial score (nSPS) is 13.9. The Morgan fingerprint density at radius 2 is 2.17 bits per heavy atom. The molecule has 23 heavy (non-hydrogen) atoms. The van der Waals surface area contributed by atoms with Crippen LogP contribution in [0.5, 0.6) is 0 Å². The van der Waals surface area contributed by atoms with E-state index in [1.165, 1.54) is 11.3 Å². The second-order valence-electron chi connectivity index (χ2n) is 5.61. The zero-order valence-corrected chi connectivity index (χ0v) is 14.3. The number of carbonyl (C=O) groups is 1. The lowest BCUT2D eigenvalue weighted by molar-refractivity contribution is 0.0548. The summed E-state index contributed by atoms with van der Waals surface area (Å²) < 4.78 is 5.62. The minimum atomic E-state index is -1.12. The summed E-state index contributed by atoms with van der Waals surface area (Å²) in [6, 6.07) is 9.09. The van der Waals surface area contributed by atoms with Gasteiger partial charge in [0.25, 0.3) is 5.91 Å². The predicted molar refractivity (Wildman–Crippen MR) is 92.2 cm³/mol. The van der Waals surface area contributed by atoms with Crippen LogP contribution in [-0.4, -0.2) is 17.6 Å². The van der Waals surface area contributed by atoms with Crippen LogP contribution < -0.4 is 5.32 Å². The van der Waals surface area contributed by atoms with Crippen LogP contribution in [0.4, 0.5) is 0 Å². The van der Waals surface area contributed by atoms with Crippen LogP contribution in [0.1, 0.15) is 27.9 Å². The van der Waals surface area contributed by atoms with Gasteiger partial charge in [0.2, 0.25) is 0 Å². The monoisotopic (exact) mass is 349 g/mol. The van der Waals surface area contributed by atoms with Gasteiger partial charge >= 0.3 is 0 Å². The summed E-state index contributed by atoms with van der Waals surface area (Å²) in [6.07, 6.45) is 0. The number of rotatable bonds is 4. The number of thiophene rings is 1. The Bertz CT molecular complexity index is 852. The molecule has 0 bridgehead atoms. The van der Waals surface area contributed by atoms with Crippen molar-refractivity contribution in [3.05, 3.63) is 56.9 Å². The summed E-state index contributed by atoms with van der Waals surface area (Å²) in [5.74, 6) is -0.151. The van der Waals surface area contributed by atoms with E-state index in [1.54, 1.807) is 13.0 Å². The van der Waals surface area contributed by atoms with E-state index >= 15 is 0 Å². The highest BCUT2D eigenvalue weighted by atomic mass is 35.5. The fourth-order valence-corrected chi connectivity index (χ4v) is 3.43. The smallest absolute Gasteiger partial charge is 0.287 e. The van der Waals surface area contributed by atoms with Crippen LogP contribution in [0.3, 0.4) is 0 Å². The van der Waals surface area contributed by atoms with Gasteiger partial charge in [-0.1, -0.05) is 29.8 Å². The third kappa shape index (κ3) is 3.00. The number of nitrogens with one attached hydrogen (secondary N) is 1. The summed E-state index contributed by atoms with van der Waals surface area (Å²) in [4.78, 5) is 13.2. The summed E-state index contributed by atoms with van der Waals surface area (Å²) in [6.45, 7) is 3.58. The van der Waals surface area contributed by atoms with Crippen molar-refractivity contribution in [1.82, 2.24) is 5.32 Å². The number of aliphatic hydroxyl groups is 1. The second kappa shape index (κ2) is 6.00. The Kier molecular flexibility index (Phi) is 4.19. The van der Waals surface area contributed by atoms with Crippen molar-refractivity contribution >= 4 is 39.8 Å². The number of amides is 1. The Morgan fingerprint density at radius 1 is 1.39 bits per heavy atom. The van der Waals surface area contributed by atoms with E-state index in [2.05, 4.69) is 5.32 Å². The molecule has 1 amide bonds. The Balaban J connectivity index is 1.82. The quantitative estimate of drug-likeness (QED) is 0.745. The molecule has 120 valence electrons. The van der Waals surface area contributed by atoms with E-state index in [4.69, 9.17) is 16.0 Å². The molecular weight excluding hydrogens is 334 g/mol. The first-order chi connectivity index (χ1) is 10.9. The number of benzene rings is 1. The molecule has 0 spiro atoms. The molecule has 0 aliphatic heterocycles. The first-order valence-electron chi connectivity index (χ1n) is 7.12. The maximum atomic E-state index is 12.4. The molecule has 0 fully saturated rings. The topological polar surface area (TPSA) is 62.5 Å². The standard InChI is InChI=1S/C17H16ClNO3S/c1-10-11-5-3-6-12(18)15(11)22-14(10)16(20)19-9-17(2,21)13-7-4-8-23-13/h3-8,21H,9H2,1-2H3,(H,19,20). The lowest BCUT2D eigenvalue weighted by atomic mass is 10.1. The predicted octanol–water partition coefficient (Wildman–Crippen LogP) is 4.09. The Morgan fingerprint density at radius 3 is 2.83 bits per heavy atom. The van der Waals surface area contributed by atoms with Crippen molar-refractivity contribution in [1.29, 1.82) is 0 Å². The van der Waals surface area contributed by atoms with Crippen LogP contribution in [0.15, 0.2) is 40.1 Å². The van der Waals surface area contributed by atoms with Gasteiger partial charge in [-0.15, -0.1) is 11.3 Å². The average Bonchev–Trinajstić information content (AvgIpc) is 3.15. The molecule has 0 aliphatic carbocycles. The van der Waals surface area contributed by atoms with E-state index < -0.39 is 5.60 Å². The third-order valence-electron chi connectivity index (χ3n) is 3.77. The number of furan rings is 1. The minimum absolute atomic E-state index is 0.0938. The molecule has 2 N–H and O–H groups in total. The molecule has 0 radical (unpaired) electrons. The maximum Gasteiger partial charge on any atom is 0.287 e. The molecule has 0 aliphatic rings. The molecule has 2 aromatic heterocycles. The number of hydrogen-bond acceptors (Lipinski definition) is 4. The number of aryl methyl sites for hydroxylation is 1. The fourth-order valence-electron chi connectivity index (χ4n) is 2.43. The van der Waals surface area contributed by atoms with Crippen molar-refractivity contribution in [2.45, 2.75) is 19.4 Å². The van der Waals surface area contributed by atoms with Crippen LogP contribution >= 0.6 is 22.9 Å². The van der Waals surface area contributed by atoms with Crippen molar-refractivity contribution in [3.63, 3.8) is 0 Å². The van der Waals surface area contributed by atoms with Gasteiger partial charge in [0.15, 0.2) is 11.3 Å². The van der Waals surface area contributed by atoms with Gasteiger partial charge in [-0.25, -0.2) is 0 Å². The number of carbonyl (C=O) groups excluding carboxylic acids is 1. The molecule has 2 heterocycles. The van der Waals surface area contributed by atoms with Gasteiger partial charge in [0.1, 0.15) is 5.60 Å². The van der Waals surface area contributed by atoms with E-state index in [0.717, 1.165) is 15.8 Å². The number of hydrogen-bond donors (Lipinski definition) is 2. The molecule has 0 saturated carbocycles. The van der Waals surface area contributed by atoms with Crippen LogP contribution in [0, 0.1) is 6.92 Å². The Hall–Kier alpha value is -1.82. The van der Waals surface area contributed by atoms with E-state index in [0.29, 0.717) is 10.6 Å². The number of fused-ring (bicyclic) bond motifs is 1. The molecule has 3 aromatic rings. The van der Waals surface area contributed by atoms with Gasteiger partial charge in [0.05, 0.1) is 11.6 Å². The highest BCUT2D eigenvalue weighted by molar-refractivity contribution is 7.10. The van der Waals surface area contributed by atoms with Crippen molar-refractivity contribution in [2.75, 3.05) is 6.54 Å². The molecule has 1 atom stereocenters. The molecule has 6 heteroatoms. The largest absolute Gasteiger partial charge is 0.449 e. The molecule has 3 rings (SSSR count). The van der Waals surface area contributed by atoms with Gasteiger partial charge in [-0.3, -0.25) is 4.79 Å². The summed E-state index contributed by atoms with van der Waals surface area (Å²) in [5.41, 5.74) is 0.110. The maximum absolute atomic E-state index is 12.4. The summed E-state index contributed by atoms with van der Waals surface area (Å²) >= 11 is 7.54. The molecule has 4 nitrogen and oxygen atoms in total. The molecule has 0 saturated heterocycles. The average molecular weight is 350 g/mol. The summed E-state index contributed by atoms with van der Waals surface area (Å²) in [5, 5.41) is 16.4. The highest BCUT2D eigenvalue weighted by Gasteiger charge is 2.26. The molecular formula is C17H16ClNO3S. The van der Waals surface area contributed by atoms with Crippen molar-refractivity contribution in [3.8, 4) is 0 Å². The Labute approximate surface area is 142 Å². The van der Waals surface area contributed by atoms with Gasteiger partial charge in [-0.05, 0) is 31.4 Å². The van der Waals surface area contributed by atoms with Crippen molar-refractivity contribution in [2.24, 2.45) is 0 Å². The highest BCUT2D eigenvalue weighted by Crippen LogP contribution is 2.31. The van der Waals surface area contributed by atoms with Crippen LogP contribution in [0.25, 0.3) is 11.0 Å². The van der Waals surface area contributed by atoms with Crippen LogP contribution in [0.2, 0.25) is 5.02 Å². The lowest BCUT2D eigenvalue weighted by Crippen LogP contribution is -2.38. The number of halogens is 1.